The van der Waals surface area contributed by atoms with Crippen LogP contribution in [0, 0.1) is 5.92 Å². The zero-order chi connectivity index (χ0) is 10.6. The van der Waals surface area contributed by atoms with Crippen LogP contribution in [0.3, 0.4) is 0 Å². The fourth-order valence-electron chi connectivity index (χ4n) is 0.990. The minimum atomic E-state index is 0.465. The summed E-state index contributed by atoms with van der Waals surface area (Å²) in [5.74, 6) is 2.07. The number of aromatic nitrogens is 2. The first-order chi connectivity index (χ1) is 6.63. The summed E-state index contributed by atoms with van der Waals surface area (Å²) in [4.78, 5) is 4.22. The summed E-state index contributed by atoms with van der Waals surface area (Å²) in [6.07, 6.45) is 0.823. The van der Waals surface area contributed by atoms with Crippen LogP contribution in [0.4, 0.5) is 0 Å². The molecule has 1 aromatic rings. The second kappa shape index (κ2) is 5.10. The molecule has 0 aliphatic rings. The quantitative estimate of drug-likeness (QED) is 0.781. The fraction of sp³-hybridized carbons (Fsp3) is 0.800. The van der Waals surface area contributed by atoms with E-state index in [1.807, 2.05) is 6.92 Å². The van der Waals surface area contributed by atoms with Crippen molar-refractivity contribution in [1.29, 1.82) is 0 Å². The molecule has 4 nitrogen and oxygen atoms in total. The molecular formula is C10H19N3O. The van der Waals surface area contributed by atoms with Crippen molar-refractivity contribution >= 4 is 0 Å². The first-order valence-corrected chi connectivity index (χ1v) is 5.18. The summed E-state index contributed by atoms with van der Waals surface area (Å²) < 4.78 is 5.06. The summed E-state index contributed by atoms with van der Waals surface area (Å²) in [6, 6.07) is 0.465. The van der Waals surface area contributed by atoms with E-state index in [2.05, 4.69) is 36.2 Å². The highest BCUT2D eigenvalue weighted by molar-refractivity contribution is 4.85. The molecule has 0 fully saturated rings. The molecule has 0 saturated carbocycles. The van der Waals surface area contributed by atoms with Gasteiger partial charge in [0.2, 0.25) is 5.89 Å². The minimum Gasteiger partial charge on any atom is -0.338 e. The van der Waals surface area contributed by atoms with Gasteiger partial charge in [0.05, 0.1) is 6.54 Å². The Bertz CT molecular complexity index is 270. The minimum absolute atomic E-state index is 0.465. The largest absolute Gasteiger partial charge is 0.338 e. The maximum absolute atomic E-state index is 5.06. The Morgan fingerprint density at radius 3 is 2.57 bits per heavy atom. The van der Waals surface area contributed by atoms with Gasteiger partial charge in [-0.25, -0.2) is 0 Å². The van der Waals surface area contributed by atoms with Crippen LogP contribution < -0.4 is 5.32 Å². The van der Waals surface area contributed by atoms with E-state index in [1.54, 1.807) is 0 Å². The predicted molar refractivity (Wildman–Crippen MR) is 54.8 cm³/mol. The van der Waals surface area contributed by atoms with E-state index in [-0.39, 0.29) is 0 Å². The van der Waals surface area contributed by atoms with E-state index in [0.717, 1.165) is 12.2 Å². The lowest BCUT2D eigenvalue weighted by molar-refractivity contribution is 0.340. The number of aryl methyl sites for hydroxylation is 1. The van der Waals surface area contributed by atoms with Gasteiger partial charge in [0.15, 0.2) is 5.82 Å². The number of rotatable bonds is 5. The van der Waals surface area contributed by atoms with Gasteiger partial charge in [-0.15, -0.1) is 0 Å². The van der Waals surface area contributed by atoms with Crippen LogP contribution in [0.15, 0.2) is 4.52 Å². The highest BCUT2D eigenvalue weighted by atomic mass is 16.5. The third-order valence-corrected chi connectivity index (χ3v) is 2.40. The van der Waals surface area contributed by atoms with E-state index in [4.69, 9.17) is 4.52 Å². The first-order valence-electron chi connectivity index (χ1n) is 5.18. The summed E-state index contributed by atoms with van der Waals surface area (Å²) >= 11 is 0. The van der Waals surface area contributed by atoms with Crippen LogP contribution in [-0.2, 0) is 13.0 Å². The molecule has 14 heavy (non-hydrogen) atoms. The molecule has 1 unspecified atom stereocenters. The van der Waals surface area contributed by atoms with Crippen molar-refractivity contribution in [2.24, 2.45) is 5.92 Å². The highest BCUT2D eigenvalue weighted by Gasteiger charge is 2.09. The molecule has 1 aromatic heterocycles. The molecule has 1 atom stereocenters. The number of hydrogen-bond acceptors (Lipinski definition) is 4. The molecule has 1 heterocycles. The molecule has 0 aromatic carbocycles. The van der Waals surface area contributed by atoms with Crippen molar-refractivity contribution in [2.45, 2.75) is 46.7 Å². The zero-order valence-corrected chi connectivity index (χ0v) is 9.37. The SMILES string of the molecule is CCc1noc(CNC(C)C(C)C)n1. The third-order valence-electron chi connectivity index (χ3n) is 2.40. The van der Waals surface area contributed by atoms with E-state index < -0.39 is 0 Å². The van der Waals surface area contributed by atoms with Gasteiger partial charge < -0.3 is 9.84 Å². The lowest BCUT2D eigenvalue weighted by Gasteiger charge is -2.15. The highest BCUT2D eigenvalue weighted by Crippen LogP contribution is 2.02. The van der Waals surface area contributed by atoms with Gasteiger partial charge in [-0.05, 0) is 12.8 Å². The van der Waals surface area contributed by atoms with Gasteiger partial charge in [0, 0.05) is 12.5 Å². The molecule has 1 rings (SSSR count). The third kappa shape index (κ3) is 3.10. The molecule has 0 bridgehead atoms. The fourth-order valence-corrected chi connectivity index (χ4v) is 0.990. The average molecular weight is 197 g/mol. The molecule has 80 valence electrons. The Morgan fingerprint density at radius 2 is 2.07 bits per heavy atom. The molecule has 0 radical (unpaired) electrons. The van der Waals surface area contributed by atoms with Gasteiger partial charge in [0.25, 0.3) is 0 Å². The van der Waals surface area contributed by atoms with Crippen molar-refractivity contribution in [3.05, 3.63) is 11.7 Å². The van der Waals surface area contributed by atoms with Crippen molar-refractivity contribution < 1.29 is 4.52 Å². The van der Waals surface area contributed by atoms with Gasteiger partial charge in [-0.1, -0.05) is 25.9 Å². The van der Waals surface area contributed by atoms with E-state index >= 15 is 0 Å². The summed E-state index contributed by atoms with van der Waals surface area (Å²) in [6.45, 7) is 9.19. The van der Waals surface area contributed by atoms with Crippen LogP contribution >= 0.6 is 0 Å². The molecule has 1 N–H and O–H groups in total. The smallest absolute Gasteiger partial charge is 0.240 e. The van der Waals surface area contributed by atoms with Gasteiger partial charge in [0.1, 0.15) is 0 Å². The van der Waals surface area contributed by atoms with Crippen LogP contribution in [0.5, 0.6) is 0 Å². The summed E-state index contributed by atoms with van der Waals surface area (Å²) in [7, 11) is 0. The topological polar surface area (TPSA) is 51.0 Å². The molecule has 0 saturated heterocycles. The van der Waals surface area contributed by atoms with Crippen molar-refractivity contribution in [3.8, 4) is 0 Å². The van der Waals surface area contributed by atoms with Crippen LogP contribution in [0.2, 0.25) is 0 Å². The summed E-state index contributed by atoms with van der Waals surface area (Å²) in [5.41, 5.74) is 0. The Kier molecular flexibility index (Phi) is 4.07. The average Bonchev–Trinajstić information content (AvgIpc) is 2.61. The molecule has 4 heteroatoms. The maximum atomic E-state index is 5.06. The van der Waals surface area contributed by atoms with Gasteiger partial charge in [-0.2, -0.15) is 4.98 Å². The second-order valence-electron chi connectivity index (χ2n) is 3.87. The van der Waals surface area contributed by atoms with E-state index in [1.165, 1.54) is 0 Å². The maximum Gasteiger partial charge on any atom is 0.240 e. The molecule has 0 aliphatic heterocycles. The zero-order valence-electron chi connectivity index (χ0n) is 9.37. The predicted octanol–water partition coefficient (Wildman–Crippen LogP) is 1.77. The van der Waals surface area contributed by atoms with Crippen molar-refractivity contribution in [3.63, 3.8) is 0 Å². The molecular weight excluding hydrogens is 178 g/mol. The number of nitrogens with zero attached hydrogens (tertiary/aromatic N) is 2. The lowest BCUT2D eigenvalue weighted by Crippen LogP contribution is -2.30. The molecule has 0 amide bonds. The first kappa shape index (κ1) is 11.2. The standard InChI is InChI=1S/C10H19N3O/c1-5-9-12-10(14-13-9)6-11-8(4)7(2)3/h7-8,11H,5-6H2,1-4H3. The van der Waals surface area contributed by atoms with Crippen molar-refractivity contribution in [2.75, 3.05) is 0 Å². The van der Waals surface area contributed by atoms with E-state index in [0.29, 0.717) is 24.4 Å². The Morgan fingerprint density at radius 1 is 1.36 bits per heavy atom. The molecule has 0 aliphatic carbocycles. The number of nitrogens with one attached hydrogen (secondary N) is 1. The number of hydrogen-bond donors (Lipinski definition) is 1. The van der Waals surface area contributed by atoms with Crippen molar-refractivity contribution in [1.82, 2.24) is 15.5 Å². The Hall–Kier alpha value is -0.900. The van der Waals surface area contributed by atoms with E-state index in [9.17, 15) is 0 Å². The summed E-state index contributed by atoms with van der Waals surface area (Å²) in [5, 5.41) is 7.17. The van der Waals surface area contributed by atoms with Crippen LogP contribution in [-0.4, -0.2) is 16.2 Å². The normalized spacial score (nSPS) is 13.5. The van der Waals surface area contributed by atoms with Gasteiger partial charge in [-0.3, -0.25) is 0 Å². The Labute approximate surface area is 85.1 Å². The van der Waals surface area contributed by atoms with Crippen LogP contribution in [0.1, 0.15) is 39.4 Å². The lowest BCUT2D eigenvalue weighted by atomic mass is 10.1. The van der Waals surface area contributed by atoms with Crippen LogP contribution in [0.25, 0.3) is 0 Å². The second-order valence-corrected chi connectivity index (χ2v) is 3.87. The molecule has 0 spiro atoms. The van der Waals surface area contributed by atoms with Gasteiger partial charge >= 0.3 is 0 Å². The monoisotopic (exact) mass is 197 g/mol. The Balaban J connectivity index is 2.37.